The Bertz CT molecular complexity index is 2120. The number of anilines is 1. The molecule has 4 aliphatic rings. The number of piperidine rings is 1. The summed E-state index contributed by atoms with van der Waals surface area (Å²) < 4.78 is 31.8. The fourth-order valence-corrected chi connectivity index (χ4v) is 9.69. The van der Waals surface area contributed by atoms with Gasteiger partial charge in [0, 0.05) is 84.3 Å². The molecule has 17 nitrogen and oxygen atoms in total. The monoisotopic (exact) mass is 859 g/mol. The quantitative estimate of drug-likeness (QED) is 0.110. The lowest BCUT2D eigenvalue weighted by Crippen LogP contribution is -2.53. The molecule has 2 amide bonds. The number of nitrogens with one attached hydrogen (secondary N) is 3. The molecular weight excluding hydrogens is 795 g/mol. The highest BCUT2D eigenvalue weighted by Crippen LogP contribution is 2.36. The van der Waals surface area contributed by atoms with E-state index in [0.29, 0.717) is 83.6 Å². The number of nitrogens with zero attached hydrogens (tertiary/aromatic N) is 6. The third-order valence-corrected chi connectivity index (χ3v) is 13.2. The van der Waals surface area contributed by atoms with E-state index in [2.05, 4.69) is 48.8 Å². The van der Waals surface area contributed by atoms with Gasteiger partial charge in [0.15, 0.2) is 0 Å². The zero-order valence-corrected chi connectivity index (χ0v) is 36.3. The lowest BCUT2D eigenvalue weighted by atomic mass is 9.89. The van der Waals surface area contributed by atoms with Crippen molar-refractivity contribution in [3.63, 3.8) is 0 Å². The number of fused-ring (bicyclic) bond motifs is 2. The molecule has 4 fully saturated rings. The normalized spacial score (nSPS) is 21.8. The number of ether oxygens (including phenoxy) is 5. The Hall–Kier alpha value is -4.39. The van der Waals surface area contributed by atoms with Crippen molar-refractivity contribution < 1.29 is 33.3 Å². The first-order valence-corrected chi connectivity index (χ1v) is 22.9. The molecule has 0 spiro atoms. The van der Waals surface area contributed by atoms with E-state index in [1.807, 2.05) is 15.5 Å². The highest BCUT2D eigenvalue weighted by Gasteiger charge is 2.31. The van der Waals surface area contributed by atoms with Crippen molar-refractivity contribution in [2.24, 2.45) is 7.05 Å². The zero-order chi connectivity index (χ0) is 42.7. The van der Waals surface area contributed by atoms with Gasteiger partial charge in [-0.1, -0.05) is 6.07 Å². The van der Waals surface area contributed by atoms with E-state index >= 15 is 0 Å². The van der Waals surface area contributed by atoms with Crippen LogP contribution in [0.15, 0.2) is 35.5 Å². The van der Waals surface area contributed by atoms with E-state index in [4.69, 9.17) is 23.7 Å². The molecule has 17 heteroatoms. The van der Waals surface area contributed by atoms with Crippen LogP contribution < -0.4 is 16.3 Å². The van der Waals surface area contributed by atoms with Crippen LogP contribution in [0.5, 0.6) is 0 Å². The number of carbonyl (C=O) groups is 2. The minimum Gasteiger partial charge on any atom is -0.381 e. The van der Waals surface area contributed by atoms with Crippen LogP contribution in [-0.2, 0) is 46.7 Å². The van der Waals surface area contributed by atoms with Crippen molar-refractivity contribution in [2.45, 2.75) is 88.3 Å². The summed E-state index contributed by atoms with van der Waals surface area (Å²) in [7, 11) is 1.80. The molecule has 338 valence electrons. The topological polar surface area (TPSA) is 179 Å². The Kier molecular flexibility index (Phi) is 15.6. The van der Waals surface area contributed by atoms with Gasteiger partial charge in [0.05, 0.1) is 62.1 Å². The van der Waals surface area contributed by atoms with Crippen molar-refractivity contribution >= 4 is 39.7 Å². The lowest BCUT2D eigenvalue weighted by molar-refractivity contribution is -0.139. The number of aryl methyl sites for hydroxylation is 2. The van der Waals surface area contributed by atoms with Crippen LogP contribution in [0.2, 0.25) is 0 Å². The van der Waals surface area contributed by atoms with Gasteiger partial charge in [0.25, 0.3) is 0 Å². The Balaban J connectivity index is 0.624. The molecule has 3 N–H and O–H groups in total. The van der Waals surface area contributed by atoms with Crippen molar-refractivity contribution in [3.8, 4) is 0 Å². The summed E-state index contributed by atoms with van der Waals surface area (Å²) in [5.41, 5.74) is 5.12. The van der Waals surface area contributed by atoms with Gasteiger partial charge in [0.1, 0.15) is 24.4 Å². The van der Waals surface area contributed by atoms with E-state index in [-0.39, 0.29) is 30.2 Å². The van der Waals surface area contributed by atoms with Gasteiger partial charge in [0.2, 0.25) is 11.8 Å². The highest BCUT2D eigenvalue weighted by molar-refractivity contribution is 5.91. The molecule has 62 heavy (non-hydrogen) atoms. The van der Waals surface area contributed by atoms with E-state index in [9.17, 15) is 14.4 Å². The third-order valence-electron chi connectivity index (χ3n) is 13.2. The van der Waals surface area contributed by atoms with Gasteiger partial charge in [-0.2, -0.15) is 0 Å². The second kappa shape index (κ2) is 21.8. The molecule has 4 aromatic rings. The summed E-state index contributed by atoms with van der Waals surface area (Å²) in [6.45, 7) is 8.74. The third kappa shape index (κ3) is 11.0. The van der Waals surface area contributed by atoms with Gasteiger partial charge in [-0.25, -0.2) is 14.8 Å². The number of amides is 2. The largest absolute Gasteiger partial charge is 0.381 e. The number of aromatic amines is 1. The minimum absolute atomic E-state index is 0.0236. The number of hydrogen-bond acceptors (Lipinski definition) is 12. The van der Waals surface area contributed by atoms with Crippen molar-refractivity contribution in [3.05, 3.63) is 52.3 Å². The van der Waals surface area contributed by atoms with Crippen LogP contribution in [0.3, 0.4) is 0 Å². The molecule has 1 atom stereocenters. The molecule has 8 rings (SSSR count). The summed E-state index contributed by atoms with van der Waals surface area (Å²) in [6.07, 6.45) is 13.1. The average Bonchev–Trinajstić information content (AvgIpc) is 3.85. The summed E-state index contributed by atoms with van der Waals surface area (Å²) in [6, 6.07) is 7.08. The second-order valence-corrected chi connectivity index (χ2v) is 17.2. The number of benzene rings is 1. The molecule has 3 aromatic heterocycles. The number of aromatic nitrogens is 5. The van der Waals surface area contributed by atoms with Gasteiger partial charge < -0.3 is 44.2 Å². The van der Waals surface area contributed by atoms with Gasteiger partial charge in [-0.15, -0.1) is 0 Å². The van der Waals surface area contributed by atoms with Gasteiger partial charge in [-0.3, -0.25) is 23.6 Å². The fraction of sp³-hybridized carbons (Fsp3) is 0.667. The fourth-order valence-electron chi connectivity index (χ4n) is 9.69. The van der Waals surface area contributed by atoms with Crippen LogP contribution in [0.1, 0.15) is 80.9 Å². The number of imidazole rings is 1. The Morgan fingerprint density at radius 3 is 2.29 bits per heavy atom. The second-order valence-electron chi connectivity index (χ2n) is 17.2. The van der Waals surface area contributed by atoms with Crippen molar-refractivity contribution in [1.29, 1.82) is 0 Å². The lowest BCUT2D eigenvalue weighted by Gasteiger charge is -2.42. The Labute approximate surface area is 363 Å². The summed E-state index contributed by atoms with van der Waals surface area (Å²) in [4.78, 5) is 54.5. The van der Waals surface area contributed by atoms with Crippen molar-refractivity contribution in [2.75, 3.05) is 104 Å². The first kappa shape index (κ1) is 44.2. The zero-order valence-electron chi connectivity index (χ0n) is 36.3. The number of piperazine rings is 1. The summed E-state index contributed by atoms with van der Waals surface area (Å²) in [5.74, 6) is 1.50. The Morgan fingerprint density at radius 2 is 1.56 bits per heavy atom. The molecule has 1 aromatic carbocycles. The number of H-pyrrole nitrogens is 1. The minimum atomic E-state index is -0.0507. The maximum absolute atomic E-state index is 13.0. The SMILES string of the molecule is Cn1c(=O)n(C2CCC(=O)NC2)c2ccc(CCCOCCOCCOCCOCC(=O)N3CCN([C@H]4CC[C@H](Nc5ncnc6[nH]cc(C7CCOCC7)c56)CC4)CC3)cc21. The van der Waals surface area contributed by atoms with Gasteiger partial charge in [-0.05, 0) is 87.0 Å². The Morgan fingerprint density at radius 1 is 0.839 bits per heavy atom. The molecule has 0 bridgehead atoms. The molecule has 0 radical (unpaired) electrons. The first-order valence-electron chi connectivity index (χ1n) is 22.9. The molecule has 3 saturated heterocycles. The molecule has 1 unspecified atom stereocenters. The van der Waals surface area contributed by atoms with E-state index in [1.54, 1.807) is 17.9 Å². The highest BCUT2D eigenvalue weighted by atomic mass is 16.6. The predicted molar refractivity (Wildman–Crippen MR) is 235 cm³/mol. The predicted octanol–water partition coefficient (Wildman–Crippen LogP) is 3.52. The van der Waals surface area contributed by atoms with E-state index < -0.39 is 0 Å². The number of rotatable bonds is 20. The number of hydrogen-bond donors (Lipinski definition) is 3. The average molecular weight is 860 g/mol. The maximum Gasteiger partial charge on any atom is 0.329 e. The first-order chi connectivity index (χ1) is 30.4. The van der Waals surface area contributed by atoms with Crippen LogP contribution in [0, 0.1) is 0 Å². The van der Waals surface area contributed by atoms with Crippen molar-refractivity contribution in [1.82, 2.24) is 39.2 Å². The van der Waals surface area contributed by atoms with Crippen LogP contribution in [-0.4, -0.2) is 157 Å². The van der Waals surface area contributed by atoms with Crippen LogP contribution in [0.4, 0.5) is 5.82 Å². The molecule has 1 saturated carbocycles. The number of carbonyl (C=O) groups excluding carboxylic acids is 2. The van der Waals surface area contributed by atoms with Crippen LogP contribution >= 0.6 is 0 Å². The molecule has 3 aliphatic heterocycles. The molecular formula is C45H65N9O8. The smallest absolute Gasteiger partial charge is 0.329 e. The summed E-state index contributed by atoms with van der Waals surface area (Å²) >= 11 is 0. The maximum atomic E-state index is 13.0. The molecule has 6 heterocycles. The molecule has 1 aliphatic carbocycles. The van der Waals surface area contributed by atoms with Gasteiger partial charge >= 0.3 is 5.69 Å². The summed E-state index contributed by atoms with van der Waals surface area (Å²) in [5, 5.41) is 7.80. The van der Waals surface area contributed by atoms with E-state index in [0.717, 1.165) is 124 Å². The van der Waals surface area contributed by atoms with Crippen LogP contribution in [0.25, 0.3) is 22.1 Å². The van der Waals surface area contributed by atoms with E-state index in [1.165, 1.54) is 5.56 Å². The standard InChI is InChI=1S/C45H65N9O8/c1-51-39-27-32(4-10-38(39)54(45(51)57)36-9-11-40(55)46-28-36)3-2-18-58-21-22-60-23-24-61-25-26-62-30-41(56)53-16-14-52(15-17-53)35-7-5-34(6-8-35)50-44-42-37(33-12-19-59-20-13-33)29-47-43(42)48-31-49-44/h4,10,27,29,31,33-36H,2-3,5-9,11-26,28,30H2,1H3,(H,46,55)(H2,47,48,49,50)/t34-,35-,36?.